The van der Waals surface area contributed by atoms with Gasteiger partial charge in [0, 0.05) is 0 Å². The SMILES string of the molecule is [Mg+2].[O-2].[O-2].[O-2].[Zn+2].[Zn+2]. The predicted molar refractivity (Wildman–Crippen MR) is 7.81 cm³/mol. The summed E-state index contributed by atoms with van der Waals surface area (Å²) in [7, 11) is 0. The molecule has 0 unspecified atom stereocenters. The molecule has 0 aliphatic rings. The minimum Gasteiger partial charge on any atom is -2.00 e. The standard InChI is InChI=1S/Mg.3O.2Zn/q+2;3*-2;2*+2. The van der Waals surface area contributed by atoms with Gasteiger partial charge in [0.1, 0.15) is 0 Å². The van der Waals surface area contributed by atoms with Gasteiger partial charge in [-0.3, -0.25) is 0 Å². The molecule has 0 amide bonds. The first kappa shape index (κ1) is 105. The first-order chi connectivity index (χ1) is 0. The van der Waals surface area contributed by atoms with Crippen molar-refractivity contribution in [3.8, 4) is 0 Å². The quantitative estimate of drug-likeness (QED) is 0.464. The van der Waals surface area contributed by atoms with Gasteiger partial charge in [-0.25, -0.2) is 0 Å². The van der Waals surface area contributed by atoms with Gasteiger partial charge >= 0.3 is 62.0 Å². The summed E-state index contributed by atoms with van der Waals surface area (Å²) in [6.45, 7) is 0. The zero-order valence-corrected chi connectivity index (χ0v) is 10.7. The Morgan fingerprint density at radius 3 is 0.500 bits per heavy atom. The van der Waals surface area contributed by atoms with Crippen LogP contribution >= 0.6 is 0 Å². The van der Waals surface area contributed by atoms with E-state index in [1.807, 2.05) is 0 Å². The molecule has 0 aliphatic carbocycles. The molecule has 24 valence electrons. The Morgan fingerprint density at radius 2 is 0.500 bits per heavy atom. The van der Waals surface area contributed by atoms with Crippen LogP contribution in [0.25, 0.3) is 0 Å². The van der Waals surface area contributed by atoms with Crippen molar-refractivity contribution in [2.75, 3.05) is 0 Å². The fourth-order valence-electron chi connectivity index (χ4n) is 0. The summed E-state index contributed by atoms with van der Waals surface area (Å²) in [6, 6.07) is 0. The van der Waals surface area contributed by atoms with E-state index in [0.29, 0.717) is 0 Å². The number of hydrogen-bond donors (Lipinski definition) is 0. The van der Waals surface area contributed by atoms with E-state index in [0.717, 1.165) is 0 Å². The number of rotatable bonds is 0. The van der Waals surface area contributed by atoms with Crippen LogP contribution in [-0.4, -0.2) is 23.1 Å². The molecule has 0 saturated heterocycles. The Morgan fingerprint density at radius 1 is 0.500 bits per heavy atom. The first-order valence-electron chi connectivity index (χ1n) is 0. The summed E-state index contributed by atoms with van der Waals surface area (Å²) in [4.78, 5) is 0. The summed E-state index contributed by atoms with van der Waals surface area (Å²) in [6.07, 6.45) is 0. The van der Waals surface area contributed by atoms with Crippen molar-refractivity contribution >= 4 is 23.1 Å². The number of hydrogen-bond acceptors (Lipinski definition) is 0. The molecule has 0 atom stereocenters. The van der Waals surface area contributed by atoms with E-state index in [1.54, 1.807) is 0 Å². The molecular weight excluding hydrogens is 203 g/mol. The van der Waals surface area contributed by atoms with Gasteiger partial charge in [-0.05, 0) is 0 Å². The van der Waals surface area contributed by atoms with Crippen molar-refractivity contribution in [2.45, 2.75) is 0 Å². The molecule has 0 fully saturated rings. The van der Waals surface area contributed by atoms with Gasteiger partial charge in [-0.15, -0.1) is 0 Å². The summed E-state index contributed by atoms with van der Waals surface area (Å²) in [5.74, 6) is 0. The van der Waals surface area contributed by atoms with Gasteiger partial charge in [0.15, 0.2) is 0 Å². The third-order valence-electron chi connectivity index (χ3n) is 0. The van der Waals surface area contributed by atoms with Crippen LogP contribution < -0.4 is 0 Å². The molecule has 3 nitrogen and oxygen atoms in total. The molecule has 0 N–H and O–H groups in total. The minimum absolute atomic E-state index is 0. The molecule has 0 aliphatic heterocycles. The van der Waals surface area contributed by atoms with E-state index < -0.39 is 0 Å². The van der Waals surface area contributed by atoms with Crippen LogP contribution in [0.2, 0.25) is 0 Å². The van der Waals surface area contributed by atoms with Crippen LogP contribution in [0.1, 0.15) is 0 Å². The van der Waals surface area contributed by atoms with Crippen LogP contribution in [0.4, 0.5) is 0 Å². The first-order valence-corrected chi connectivity index (χ1v) is 0. The van der Waals surface area contributed by atoms with Crippen molar-refractivity contribution in [1.82, 2.24) is 0 Å². The fourth-order valence-corrected chi connectivity index (χ4v) is 0. The van der Waals surface area contributed by atoms with E-state index in [9.17, 15) is 0 Å². The second kappa shape index (κ2) is 66.8. The molecule has 0 rings (SSSR count). The van der Waals surface area contributed by atoms with Gasteiger partial charge in [0.25, 0.3) is 0 Å². The third kappa shape index (κ3) is 39.4. The van der Waals surface area contributed by atoms with Gasteiger partial charge in [0.2, 0.25) is 0 Å². The Bertz CT molecular complexity index is 8.75. The van der Waals surface area contributed by atoms with Gasteiger partial charge in [0.05, 0.1) is 0 Å². The maximum absolute atomic E-state index is 0. The molecule has 0 aromatic rings. The van der Waals surface area contributed by atoms with E-state index in [1.165, 1.54) is 0 Å². The molecule has 0 spiro atoms. The normalized spacial score (nSPS) is 0. The topological polar surface area (TPSA) is 85.5 Å². The minimum atomic E-state index is 0. The van der Waals surface area contributed by atoms with Crippen molar-refractivity contribution in [3.05, 3.63) is 0 Å². The van der Waals surface area contributed by atoms with Crippen molar-refractivity contribution in [1.29, 1.82) is 0 Å². The summed E-state index contributed by atoms with van der Waals surface area (Å²) < 4.78 is 0. The molecule has 6 heavy (non-hydrogen) atoms. The molecule has 0 saturated carbocycles. The van der Waals surface area contributed by atoms with Crippen LogP contribution in [0, 0.1) is 0 Å². The average molecular weight is 203 g/mol. The molecule has 0 aromatic carbocycles. The van der Waals surface area contributed by atoms with E-state index in [-0.39, 0.29) is 78.4 Å². The summed E-state index contributed by atoms with van der Waals surface area (Å²) in [5, 5.41) is 0. The van der Waals surface area contributed by atoms with E-state index in [4.69, 9.17) is 0 Å². The second-order valence-electron chi connectivity index (χ2n) is 0. The molecule has 6 heteroatoms. The Kier molecular flexibility index (Phi) is 1170. The maximum atomic E-state index is 0. The van der Waals surface area contributed by atoms with Gasteiger partial charge < -0.3 is 16.4 Å². The Hall–Kier alpha value is 1.89. The van der Waals surface area contributed by atoms with E-state index >= 15 is 0 Å². The molecular formula is MgO3Zn2. The zero-order chi connectivity index (χ0) is 0. The molecule has 0 radical (unpaired) electrons. The van der Waals surface area contributed by atoms with Crippen LogP contribution in [-0.2, 0) is 55.4 Å². The Labute approximate surface area is 77.8 Å². The predicted octanol–water partition coefficient (Wildman–Crippen LogP) is -0.742. The van der Waals surface area contributed by atoms with Crippen LogP contribution in [0.15, 0.2) is 0 Å². The van der Waals surface area contributed by atoms with Crippen LogP contribution in [0.3, 0.4) is 0 Å². The fraction of sp³-hybridized carbons (Fsp3) is 0. The second-order valence-corrected chi connectivity index (χ2v) is 0. The van der Waals surface area contributed by atoms with Gasteiger partial charge in [-0.1, -0.05) is 0 Å². The summed E-state index contributed by atoms with van der Waals surface area (Å²) in [5.41, 5.74) is 0. The van der Waals surface area contributed by atoms with Crippen LogP contribution in [0.5, 0.6) is 0 Å². The van der Waals surface area contributed by atoms with Crippen molar-refractivity contribution in [2.24, 2.45) is 0 Å². The molecule has 0 aromatic heterocycles. The van der Waals surface area contributed by atoms with Crippen molar-refractivity contribution in [3.63, 3.8) is 0 Å². The Balaban J connectivity index is 0. The third-order valence-corrected chi connectivity index (χ3v) is 0. The zero-order valence-electron chi connectivity index (χ0n) is 3.35. The maximum Gasteiger partial charge on any atom is 2.00 e. The summed E-state index contributed by atoms with van der Waals surface area (Å²) >= 11 is 0. The molecule has 0 bridgehead atoms. The van der Waals surface area contributed by atoms with Crippen molar-refractivity contribution < 1.29 is 55.4 Å². The smallest absolute Gasteiger partial charge is 2.00 e. The molecule has 0 heterocycles. The van der Waals surface area contributed by atoms with Gasteiger partial charge in [-0.2, -0.15) is 0 Å². The largest absolute Gasteiger partial charge is 2.00 e. The average Bonchev–Trinajstić information content (AvgIpc) is 0. The van der Waals surface area contributed by atoms with E-state index in [2.05, 4.69) is 0 Å². The monoisotopic (exact) mass is 200 g/mol.